The number of aromatic nitrogens is 1. The number of para-hydroxylation sites is 1. The van der Waals surface area contributed by atoms with Crippen LogP contribution in [0.15, 0.2) is 60.7 Å². The van der Waals surface area contributed by atoms with E-state index in [9.17, 15) is 4.79 Å². The Morgan fingerprint density at radius 1 is 1.11 bits per heavy atom. The molecule has 4 rings (SSSR count). The normalized spacial score (nSPS) is 15.4. The lowest BCUT2D eigenvalue weighted by molar-refractivity contribution is 0.0509. The van der Waals surface area contributed by atoms with Crippen molar-refractivity contribution in [3.05, 3.63) is 66.2 Å². The molecule has 0 bridgehead atoms. The Hall–Kier alpha value is -4.27. The zero-order chi connectivity index (χ0) is 25.9. The second-order valence-electron chi connectivity index (χ2n) is 9.72. The Morgan fingerprint density at radius 3 is 2.42 bits per heavy atom. The van der Waals surface area contributed by atoms with Gasteiger partial charge in [0.05, 0.1) is 11.6 Å². The first-order chi connectivity index (χ1) is 17.1. The van der Waals surface area contributed by atoms with Crippen molar-refractivity contribution in [2.24, 2.45) is 5.73 Å². The Morgan fingerprint density at radius 2 is 1.78 bits per heavy atom. The minimum Gasteiger partial charge on any atom is -0.457 e. The van der Waals surface area contributed by atoms with E-state index in [1.165, 1.54) is 0 Å². The maximum Gasteiger partial charge on any atom is 0.407 e. The first kappa shape index (κ1) is 24.8. The van der Waals surface area contributed by atoms with Crippen LogP contribution in [0.25, 0.3) is 11.1 Å². The number of nitrogen functional groups attached to an aromatic ring is 2. The van der Waals surface area contributed by atoms with E-state index in [4.69, 9.17) is 26.4 Å². The first-order valence-electron chi connectivity index (χ1n) is 11.8. The number of carbonyl (C=O) groups excluding carboxylic acids is 1. The lowest BCUT2D eigenvalue weighted by Gasteiger charge is -2.23. The number of amidine groups is 1. The van der Waals surface area contributed by atoms with E-state index in [-0.39, 0.29) is 17.7 Å². The molecule has 2 heterocycles. The number of nitrogens with two attached hydrogens (primary N) is 2. The van der Waals surface area contributed by atoms with Gasteiger partial charge in [-0.1, -0.05) is 30.3 Å². The molecule has 0 aliphatic carbocycles. The second-order valence-corrected chi connectivity index (χ2v) is 9.72. The van der Waals surface area contributed by atoms with Gasteiger partial charge in [0.25, 0.3) is 0 Å². The van der Waals surface area contributed by atoms with Gasteiger partial charge in [-0.25, -0.2) is 9.78 Å². The van der Waals surface area contributed by atoms with Crippen LogP contribution in [0.1, 0.15) is 32.8 Å². The summed E-state index contributed by atoms with van der Waals surface area (Å²) in [4.78, 5) is 18.8. The van der Waals surface area contributed by atoms with Gasteiger partial charge < -0.3 is 31.2 Å². The number of pyridine rings is 1. The quantitative estimate of drug-likeness (QED) is 0.296. The molecule has 1 aliphatic rings. The molecule has 9 heteroatoms. The molecular weight excluding hydrogens is 456 g/mol. The topological polar surface area (TPSA) is 140 Å². The first-order valence-corrected chi connectivity index (χ1v) is 11.8. The fraction of sp³-hybridized carbons (Fsp3) is 0.296. The van der Waals surface area contributed by atoms with Crippen molar-refractivity contribution in [1.82, 2.24) is 10.3 Å². The molecule has 0 radical (unpaired) electrons. The Kier molecular flexibility index (Phi) is 7.00. The molecule has 1 amide bonds. The molecule has 3 aromatic rings. The fourth-order valence-electron chi connectivity index (χ4n) is 4.11. The highest BCUT2D eigenvalue weighted by Crippen LogP contribution is 2.33. The zero-order valence-electron chi connectivity index (χ0n) is 20.7. The number of alkyl carbamates (subject to hydrolysis) is 1. The molecule has 1 fully saturated rings. The number of anilines is 2. The van der Waals surface area contributed by atoms with Gasteiger partial charge in [0.1, 0.15) is 34.6 Å². The standard InChI is InChI=1S/C27H32N6O3/c1-27(2,3)36-26(34)31-18-13-14-33(16-18)22-15-21(23(24(28)29)25(30)32-22)17-9-11-20(12-10-17)35-19-7-5-4-6-8-19/h4-12,15,18H,13-14,16H2,1-3H3,(H3,28,29)(H2,30,32)(H,31,34). The average molecular weight is 489 g/mol. The molecule has 36 heavy (non-hydrogen) atoms. The van der Waals surface area contributed by atoms with Gasteiger partial charge in [-0.2, -0.15) is 0 Å². The largest absolute Gasteiger partial charge is 0.457 e. The number of ether oxygens (including phenoxy) is 2. The van der Waals surface area contributed by atoms with Gasteiger partial charge in [0, 0.05) is 13.1 Å². The number of amides is 1. The summed E-state index contributed by atoms with van der Waals surface area (Å²) in [6.07, 6.45) is 0.308. The summed E-state index contributed by atoms with van der Waals surface area (Å²) in [5, 5.41) is 11.0. The maximum absolute atomic E-state index is 12.2. The van der Waals surface area contributed by atoms with Crippen LogP contribution < -0.4 is 26.4 Å². The Balaban J connectivity index is 1.55. The lowest BCUT2D eigenvalue weighted by atomic mass is 9.99. The SMILES string of the molecule is CC(C)(C)OC(=O)NC1CCN(c2cc(-c3ccc(Oc4ccccc4)cc3)c(C(=N)N)c(N)n2)C1. The molecule has 1 aromatic heterocycles. The van der Waals surface area contributed by atoms with Crippen LogP contribution in [-0.2, 0) is 4.74 Å². The van der Waals surface area contributed by atoms with E-state index in [0.29, 0.717) is 35.8 Å². The van der Waals surface area contributed by atoms with E-state index >= 15 is 0 Å². The molecule has 0 saturated carbocycles. The van der Waals surface area contributed by atoms with Crippen LogP contribution in [-0.4, -0.2) is 41.6 Å². The molecule has 2 aromatic carbocycles. The van der Waals surface area contributed by atoms with Crippen molar-refractivity contribution in [2.75, 3.05) is 23.7 Å². The van der Waals surface area contributed by atoms with Crippen molar-refractivity contribution >= 4 is 23.6 Å². The third-order valence-electron chi connectivity index (χ3n) is 5.68. The highest BCUT2D eigenvalue weighted by Gasteiger charge is 2.28. The summed E-state index contributed by atoms with van der Waals surface area (Å²) < 4.78 is 11.3. The van der Waals surface area contributed by atoms with Crippen LogP contribution in [0.3, 0.4) is 0 Å². The van der Waals surface area contributed by atoms with Crippen molar-refractivity contribution in [3.8, 4) is 22.6 Å². The van der Waals surface area contributed by atoms with E-state index in [1.54, 1.807) is 0 Å². The molecule has 0 spiro atoms. The van der Waals surface area contributed by atoms with Gasteiger partial charge in [0.2, 0.25) is 0 Å². The summed E-state index contributed by atoms with van der Waals surface area (Å²) >= 11 is 0. The zero-order valence-corrected chi connectivity index (χ0v) is 20.7. The summed E-state index contributed by atoms with van der Waals surface area (Å²) in [7, 11) is 0. The molecule has 1 atom stereocenters. The maximum atomic E-state index is 12.2. The fourth-order valence-corrected chi connectivity index (χ4v) is 4.11. The minimum atomic E-state index is -0.558. The number of rotatable bonds is 6. The summed E-state index contributed by atoms with van der Waals surface area (Å²) in [5.41, 5.74) is 13.5. The predicted molar refractivity (Wildman–Crippen MR) is 142 cm³/mol. The predicted octanol–water partition coefficient (Wildman–Crippen LogP) is 4.51. The van der Waals surface area contributed by atoms with E-state index in [0.717, 1.165) is 17.7 Å². The van der Waals surface area contributed by atoms with Gasteiger partial charge >= 0.3 is 6.09 Å². The second kappa shape index (κ2) is 10.2. The number of carbonyl (C=O) groups is 1. The monoisotopic (exact) mass is 488 g/mol. The average Bonchev–Trinajstić information content (AvgIpc) is 3.26. The van der Waals surface area contributed by atoms with E-state index in [2.05, 4.69) is 15.2 Å². The van der Waals surface area contributed by atoms with Gasteiger partial charge in [0.15, 0.2) is 0 Å². The summed E-state index contributed by atoms with van der Waals surface area (Å²) in [6, 6.07) is 18.9. The molecule has 6 N–H and O–H groups in total. The van der Waals surface area contributed by atoms with Crippen LogP contribution in [0.5, 0.6) is 11.5 Å². The van der Waals surface area contributed by atoms with Crippen molar-refractivity contribution in [3.63, 3.8) is 0 Å². The summed E-state index contributed by atoms with van der Waals surface area (Å²) in [6.45, 7) is 6.75. The summed E-state index contributed by atoms with van der Waals surface area (Å²) in [5.74, 6) is 2.12. The number of benzene rings is 2. The number of nitrogens with zero attached hydrogens (tertiary/aromatic N) is 2. The van der Waals surface area contributed by atoms with Gasteiger partial charge in [-0.15, -0.1) is 0 Å². The lowest BCUT2D eigenvalue weighted by Crippen LogP contribution is -2.40. The van der Waals surface area contributed by atoms with Crippen molar-refractivity contribution in [1.29, 1.82) is 5.41 Å². The van der Waals surface area contributed by atoms with Gasteiger partial charge in [-0.3, -0.25) is 5.41 Å². The van der Waals surface area contributed by atoms with E-state index < -0.39 is 11.7 Å². The molecule has 188 valence electrons. The molecule has 1 unspecified atom stereocenters. The van der Waals surface area contributed by atoms with Crippen LogP contribution in [0.2, 0.25) is 0 Å². The van der Waals surface area contributed by atoms with Crippen molar-refractivity contribution < 1.29 is 14.3 Å². The van der Waals surface area contributed by atoms with Crippen LogP contribution in [0, 0.1) is 5.41 Å². The number of nitrogens with one attached hydrogen (secondary N) is 2. The molecule has 1 saturated heterocycles. The Bertz CT molecular complexity index is 1240. The highest BCUT2D eigenvalue weighted by atomic mass is 16.6. The number of hydrogen-bond donors (Lipinski definition) is 4. The molecule has 9 nitrogen and oxygen atoms in total. The molecular formula is C27H32N6O3. The van der Waals surface area contributed by atoms with E-state index in [1.807, 2.05) is 81.4 Å². The Labute approximate surface area is 210 Å². The third-order valence-corrected chi connectivity index (χ3v) is 5.68. The minimum absolute atomic E-state index is 0.0757. The van der Waals surface area contributed by atoms with Crippen LogP contribution >= 0.6 is 0 Å². The smallest absolute Gasteiger partial charge is 0.407 e. The van der Waals surface area contributed by atoms with Crippen LogP contribution in [0.4, 0.5) is 16.4 Å². The van der Waals surface area contributed by atoms with Gasteiger partial charge in [-0.05, 0) is 68.7 Å². The third kappa shape index (κ3) is 6.04. The molecule has 1 aliphatic heterocycles. The van der Waals surface area contributed by atoms with Crippen molar-refractivity contribution in [2.45, 2.75) is 38.8 Å². The highest BCUT2D eigenvalue weighted by molar-refractivity contribution is 6.06. The number of hydrogen-bond acceptors (Lipinski definition) is 7.